The Morgan fingerprint density at radius 1 is 1.57 bits per heavy atom. The van der Waals surface area contributed by atoms with Crippen LogP contribution in [0.25, 0.3) is 0 Å². The average Bonchev–Trinajstić information content (AvgIpc) is 2.01. The van der Waals surface area contributed by atoms with Crippen molar-refractivity contribution in [2.75, 3.05) is 6.54 Å². The van der Waals surface area contributed by atoms with E-state index in [1.165, 1.54) is 0 Å². The van der Waals surface area contributed by atoms with Crippen LogP contribution in [-0.2, 0) is 9.53 Å². The van der Waals surface area contributed by atoms with Gasteiger partial charge in [-0.15, -0.1) is 0 Å². The lowest BCUT2D eigenvalue weighted by atomic mass is 10.2. The molecular formula is C10H18N2O2. The van der Waals surface area contributed by atoms with E-state index in [4.69, 9.17) is 10.00 Å². The first kappa shape index (κ1) is 12.9. The lowest BCUT2D eigenvalue weighted by molar-refractivity contribution is -0.156. The van der Waals surface area contributed by atoms with Crippen molar-refractivity contribution in [1.29, 1.82) is 5.26 Å². The first-order valence-electron chi connectivity index (χ1n) is 4.70. The fourth-order valence-electron chi connectivity index (χ4n) is 0.818. The molecule has 0 aromatic heterocycles. The van der Waals surface area contributed by atoms with Gasteiger partial charge >= 0.3 is 5.97 Å². The van der Waals surface area contributed by atoms with E-state index in [1.54, 1.807) is 6.92 Å². The molecule has 0 spiro atoms. The summed E-state index contributed by atoms with van der Waals surface area (Å²) in [5.74, 6) is -0.282. The van der Waals surface area contributed by atoms with Crippen LogP contribution in [0.15, 0.2) is 0 Å². The van der Waals surface area contributed by atoms with Gasteiger partial charge in [-0.2, -0.15) is 5.26 Å². The first-order chi connectivity index (χ1) is 6.37. The zero-order valence-electron chi connectivity index (χ0n) is 9.26. The molecule has 0 aliphatic heterocycles. The largest absolute Gasteiger partial charge is 0.459 e. The zero-order chi connectivity index (χ0) is 11.2. The monoisotopic (exact) mass is 198 g/mol. The van der Waals surface area contributed by atoms with Crippen LogP contribution in [0, 0.1) is 11.3 Å². The van der Waals surface area contributed by atoms with Crippen molar-refractivity contribution in [3.63, 3.8) is 0 Å². The second-order valence-corrected chi connectivity index (χ2v) is 4.12. The van der Waals surface area contributed by atoms with Gasteiger partial charge in [-0.1, -0.05) is 0 Å². The van der Waals surface area contributed by atoms with Gasteiger partial charge in [0.05, 0.1) is 6.07 Å². The standard InChI is InChI=1S/C10H18N2O2/c1-8(12-7-5-6-11)9(13)14-10(2,3)4/h8,12H,5,7H2,1-4H3. The maximum absolute atomic E-state index is 11.4. The van der Waals surface area contributed by atoms with E-state index in [0.717, 1.165) is 0 Å². The predicted octanol–water partition coefficient (Wildman–Crippen LogP) is 1.22. The minimum absolute atomic E-state index is 0.282. The molecule has 4 heteroatoms. The Bertz CT molecular complexity index is 225. The van der Waals surface area contributed by atoms with Crippen LogP contribution in [0.5, 0.6) is 0 Å². The van der Waals surface area contributed by atoms with Crippen molar-refractivity contribution in [3.05, 3.63) is 0 Å². The van der Waals surface area contributed by atoms with E-state index < -0.39 is 5.60 Å². The van der Waals surface area contributed by atoms with Crippen LogP contribution in [0.3, 0.4) is 0 Å². The summed E-state index contributed by atoms with van der Waals surface area (Å²) in [5, 5.41) is 11.2. The van der Waals surface area contributed by atoms with Crippen molar-refractivity contribution < 1.29 is 9.53 Å². The van der Waals surface area contributed by atoms with E-state index in [-0.39, 0.29) is 12.0 Å². The normalized spacial score (nSPS) is 13.1. The SMILES string of the molecule is CC(NCCC#N)C(=O)OC(C)(C)C. The van der Waals surface area contributed by atoms with Gasteiger partial charge in [0, 0.05) is 13.0 Å². The van der Waals surface area contributed by atoms with E-state index in [9.17, 15) is 4.79 Å². The highest BCUT2D eigenvalue weighted by atomic mass is 16.6. The van der Waals surface area contributed by atoms with E-state index in [1.807, 2.05) is 26.8 Å². The van der Waals surface area contributed by atoms with Crippen molar-refractivity contribution in [2.45, 2.75) is 45.8 Å². The number of rotatable bonds is 4. The number of hydrogen-bond acceptors (Lipinski definition) is 4. The molecular weight excluding hydrogens is 180 g/mol. The Kier molecular flexibility index (Phi) is 5.18. The highest BCUT2D eigenvalue weighted by Crippen LogP contribution is 2.08. The van der Waals surface area contributed by atoms with Gasteiger partial charge in [-0.3, -0.25) is 4.79 Å². The van der Waals surface area contributed by atoms with Gasteiger partial charge in [0.2, 0.25) is 0 Å². The molecule has 0 bridgehead atoms. The Hall–Kier alpha value is -1.08. The van der Waals surface area contributed by atoms with Gasteiger partial charge in [-0.25, -0.2) is 0 Å². The number of nitriles is 1. The van der Waals surface area contributed by atoms with Crippen LogP contribution in [0.1, 0.15) is 34.1 Å². The highest BCUT2D eigenvalue weighted by molar-refractivity contribution is 5.75. The van der Waals surface area contributed by atoms with Crippen molar-refractivity contribution in [3.8, 4) is 6.07 Å². The predicted molar refractivity (Wildman–Crippen MR) is 53.5 cm³/mol. The molecule has 0 heterocycles. The number of hydrogen-bond donors (Lipinski definition) is 1. The third kappa shape index (κ3) is 6.44. The number of carbonyl (C=O) groups is 1. The first-order valence-corrected chi connectivity index (χ1v) is 4.70. The Morgan fingerprint density at radius 3 is 2.57 bits per heavy atom. The van der Waals surface area contributed by atoms with Crippen LogP contribution < -0.4 is 5.32 Å². The quantitative estimate of drug-likeness (QED) is 0.545. The van der Waals surface area contributed by atoms with Gasteiger partial charge in [0.1, 0.15) is 11.6 Å². The van der Waals surface area contributed by atoms with Crippen molar-refractivity contribution >= 4 is 5.97 Å². The fraction of sp³-hybridized carbons (Fsp3) is 0.800. The van der Waals surface area contributed by atoms with Gasteiger partial charge in [0.15, 0.2) is 0 Å². The van der Waals surface area contributed by atoms with E-state index >= 15 is 0 Å². The molecule has 0 aromatic carbocycles. The summed E-state index contributed by atoms with van der Waals surface area (Å²) in [6.45, 7) is 7.72. The molecule has 4 nitrogen and oxygen atoms in total. The Morgan fingerprint density at radius 2 is 2.14 bits per heavy atom. The van der Waals surface area contributed by atoms with Crippen LogP contribution in [0.4, 0.5) is 0 Å². The molecule has 0 fully saturated rings. The van der Waals surface area contributed by atoms with Gasteiger partial charge in [-0.05, 0) is 27.7 Å². The van der Waals surface area contributed by atoms with Crippen LogP contribution >= 0.6 is 0 Å². The average molecular weight is 198 g/mol. The number of ether oxygens (including phenoxy) is 1. The molecule has 0 amide bonds. The number of nitrogens with one attached hydrogen (secondary N) is 1. The third-order valence-electron chi connectivity index (χ3n) is 1.45. The number of nitrogens with zero attached hydrogens (tertiary/aromatic N) is 1. The van der Waals surface area contributed by atoms with Crippen molar-refractivity contribution in [2.24, 2.45) is 0 Å². The molecule has 0 saturated carbocycles. The molecule has 0 rings (SSSR count). The van der Waals surface area contributed by atoms with E-state index in [0.29, 0.717) is 13.0 Å². The maximum Gasteiger partial charge on any atom is 0.323 e. The smallest absolute Gasteiger partial charge is 0.323 e. The molecule has 0 aliphatic carbocycles. The molecule has 14 heavy (non-hydrogen) atoms. The summed E-state index contributed by atoms with van der Waals surface area (Å²) < 4.78 is 5.15. The molecule has 1 N–H and O–H groups in total. The molecule has 0 aliphatic rings. The number of esters is 1. The van der Waals surface area contributed by atoms with Crippen molar-refractivity contribution in [1.82, 2.24) is 5.32 Å². The Labute approximate surface area is 85.2 Å². The number of carbonyl (C=O) groups excluding carboxylic acids is 1. The lowest BCUT2D eigenvalue weighted by Crippen LogP contribution is -2.39. The molecule has 80 valence electrons. The topological polar surface area (TPSA) is 62.1 Å². The van der Waals surface area contributed by atoms with Crippen LogP contribution in [0.2, 0.25) is 0 Å². The minimum Gasteiger partial charge on any atom is -0.459 e. The Balaban J connectivity index is 3.84. The second kappa shape index (κ2) is 5.61. The summed E-state index contributed by atoms with van der Waals surface area (Å²) in [6, 6.07) is 1.64. The molecule has 0 saturated heterocycles. The summed E-state index contributed by atoms with van der Waals surface area (Å²) in [5.41, 5.74) is -0.456. The molecule has 1 unspecified atom stereocenters. The fourth-order valence-corrected chi connectivity index (χ4v) is 0.818. The summed E-state index contributed by atoms with van der Waals surface area (Å²) >= 11 is 0. The summed E-state index contributed by atoms with van der Waals surface area (Å²) in [7, 11) is 0. The minimum atomic E-state index is -0.456. The lowest BCUT2D eigenvalue weighted by Gasteiger charge is -2.22. The van der Waals surface area contributed by atoms with Gasteiger partial charge in [0.25, 0.3) is 0 Å². The molecule has 1 atom stereocenters. The molecule has 0 radical (unpaired) electrons. The van der Waals surface area contributed by atoms with E-state index in [2.05, 4.69) is 5.32 Å². The summed E-state index contributed by atoms with van der Waals surface area (Å²) in [6.07, 6.45) is 0.396. The van der Waals surface area contributed by atoms with Crippen LogP contribution in [-0.4, -0.2) is 24.2 Å². The maximum atomic E-state index is 11.4. The summed E-state index contributed by atoms with van der Waals surface area (Å²) in [4.78, 5) is 11.4. The zero-order valence-corrected chi connectivity index (χ0v) is 9.26. The molecule has 0 aromatic rings. The highest BCUT2D eigenvalue weighted by Gasteiger charge is 2.20. The third-order valence-corrected chi connectivity index (χ3v) is 1.45. The van der Waals surface area contributed by atoms with Gasteiger partial charge < -0.3 is 10.1 Å². The second-order valence-electron chi connectivity index (χ2n) is 4.12.